The van der Waals surface area contributed by atoms with Crippen LogP contribution in [0.25, 0.3) is 0 Å². The minimum atomic E-state index is -0.295. The third-order valence-electron chi connectivity index (χ3n) is 4.41. The molecule has 0 spiro atoms. The van der Waals surface area contributed by atoms with Crippen molar-refractivity contribution in [2.45, 2.75) is 19.8 Å². The van der Waals surface area contributed by atoms with Gasteiger partial charge in [-0.15, -0.1) is 0 Å². The van der Waals surface area contributed by atoms with E-state index in [0.29, 0.717) is 43.1 Å². The Labute approximate surface area is 135 Å². The standard InChI is InChI=1S/C17H23FN2O3/c1-12(17(21)20-6-4-19-5-7-20)2-3-13-10-15-16(11-14(13)18)23-9-8-22-15/h10-12,19H,2-9H2,1H3. The average Bonchev–Trinajstić information content (AvgIpc) is 2.59. The fourth-order valence-corrected chi connectivity index (χ4v) is 2.99. The number of piperazine rings is 1. The highest BCUT2D eigenvalue weighted by Crippen LogP contribution is 2.33. The lowest BCUT2D eigenvalue weighted by Crippen LogP contribution is -2.48. The van der Waals surface area contributed by atoms with E-state index in [1.54, 1.807) is 6.07 Å². The molecule has 6 heteroatoms. The quantitative estimate of drug-likeness (QED) is 0.915. The van der Waals surface area contributed by atoms with E-state index in [1.165, 1.54) is 6.07 Å². The largest absolute Gasteiger partial charge is 0.486 e. The molecular formula is C17H23FN2O3. The lowest BCUT2D eigenvalue weighted by Gasteiger charge is -2.29. The summed E-state index contributed by atoms with van der Waals surface area (Å²) in [7, 11) is 0. The molecular weight excluding hydrogens is 299 g/mol. The molecule has 1 unspecified atom stereocenters. The Morgan fingerprint density at radius 1 is 1.26 bits per heavy atom. The Morgan fingerprint density at radius 2 is 1.91 bits per heavy atom. The fraction of sp³-hybridized carbons (Fsp3) is 0.588. The zero-order valence-corrected chi connectivity index (χ0v) is 13.4. The lowest BCUT2D eigenvalue weighted by atomic mass is 9.98. The van der Waals surface area contributed by atoms with Crippen LogP contribution in [-0.4, -0.2) is 50.2 Å². The molecule has 0 aromatic heterocycles. The van der Waals surface area contributed by atoms with E-state index in [1.807, 2.05) is 11.8 Å². The van der Waals surface area contributed by atoms with E-state index < -0.39 is 0 Å². The van der Waals surface area contributed by atoms with E-state index in [2.05, 4.69) is 5.32 Å². The molecule has 0 aliphatic carbocycles. The smallest absolute Gasteiger partial charge is 0.225 e. The second-order valence-electron chi connectivity index (χ2n) is 6.10. The van der Waals surface area contributed by atoms with Gasteiger partial charge in [0.2, 0.25) is 5.91 Å². The van der Waals surface area contributed by atoms with Crippen LogP contribution >= 0.6 is 0 Å². The van der Waals surface area contributed by atoms with Gasteiger partial charge in [-0.05, 0) is 24.5 Å². The van der Waals surface area contributed by atoms with Crippen LogP contribution in [-0.2, 0) is 11.2 Å². The number of benzene rings is 1. The van der Waals surface area contributed by atoms with Crippen LogP contribution < -0.4 is 14.8 Å². The molecule has 0 radical (unpaired) electrons. The van der Waals surface area contributed by atoms with Gasteiger partial charge in [0, 0.05) is 38.2 Å². The SMILES string of the molecule is CC(CCc1cc2c(cc1F)OCCO2)C(=O)N1CCNCC1. The van der Waals surface area contributed by atoms with Crippen molar-refractivity contribution in [3.63, 3.8) is 0 Å². The predicted molar refractivity (Wildman–Crippen MR) is 84.3 cm³/mol. The van der Waals surface area contributed by atoms with Gasteiger partial charge >= 0.3 is 0 Å². The number of nitrogens with one attached hydrogen (secondary N) is 1. The summed E-state index contributed by atoms with van der Waals surface area (Å²) in [5.74, 6) is 0.803. The Morgan fingerprint density at radius 3 is 2.61 bits per heavy atom. The second kappa shape index (κ2) is 7.17. The summed E-state index contributed by atoms with van der Waals surface area (Å²) in [4.78, 5) is 14.3. The first-order chi connectivity index (χ1) is 11.1. The van der Waals surface area contributed by atoms with Gasteiger partial charge in [-0.2, -0.15) is 0 Å². The molecule has 126 valence electrons. The number of hydrogen-bond acceptors (Lipinski definition) is 4. The summed E-state index contributed by atoms with van der Waals surface area (Å²) >= 11 is 0. The molecule has 0 saturated carbocycles. The first-order valence-electron chi connectivity index (χ1n) is 8.22. The van der Waals surface area contributed by atoms with E-state index in [-0.39, 0.29) is 17.6 Å². The maximum absolute atomic E-state index is 14.1. The number of amides is 1. The summed E-state index contributed by atoms with van der Waals surface area (Å²) in [5.41, 5.74) is 0.578. The highest BCUT2D eigenvalue weighted by molar-refractivity contribution is 5.78. The molecule has 1 fully saturated rings. The fourth-order valence-electron chi connectivity index (χ4n) is 2.99. The van der Waals surface area contributed by atoms with Crippen molar-refractivity contribution >= 4 is 5.91 Å². The number of rotatable bonds is 4. The molecule has 23 heavy (non-hydrogen) atoms. The number of hydrogen-bond donors (Lipinski definition) is 1. The third-order valence-corrected chi connectivity index (χ3v) is 4.41. The molecule has 1 saturated heterocycles. The van der Waals surface area contributed by atoms with Crippen LogP contribution in [0, 0.1) is 11.7 Å². The maximum Gasteiger partial charge on any atom is 0.225 e. The van der Waals surface area contributed by atoms with E-state index in [9.17, 15) is 9.18 Å². The van der Waals surface area contributed by atoms with Crippen LogP contribution in [0.2, 0.25) is 0 Å². The van der Waals surface area contributed by atoms with Crippen LogP contribution in [0.3, 0.4) is 0 Å². The number of fused-ring (bicyclic) bond motifs is 1. The third kappa shape index (κ3) is 3.75. The Bertz CT molecular complexity index is 573. The van der Waals surface area contributed by atoms with Crippen molar-refractivity contribution in [1.82, 2.24) is 10.2 Å². The van der Waals surface area contributed by atoms with Crippen molar-refractivity contribution in [1.29, 1.82) is 0 Å². The number of ether oxygens (including phenoxy) is 2. The van der Waals surface area contributed by atoms with Gasteiger partial charge in [0.1, 0.15) is 19.0 Å². The first-order valence-corrected chi connectivity index (χ1v) is 8.22. The van der Waals surface area contributed by atoms with Crippen LogP contribution in [0.1, 0.15) is 18.9 Å². The number of carbonyl (C=O) groups excluding carboxylic acids is 1. The van der Waals surface area contributed by atoms with Gasteiger partial charge < -0.3 is 19.7 Å². The lowest BCUT2D eigenvalue weighted by molar-refractivity contribution is -0.135. The molecule has 1 atom stereocenters. The highest BCUT2D eigenvalue weighted by atomic mass is 19.1. The summed E-state index contributed by atoms with van der Waals surface area (Å²) in [5, 5.41) is 3.23. The topological polar surface area (TPSA) is 50.8 Å². The molecule has 5 nitrogen and oxygen atoms in total. The average molecular weight is 322 g/mol. The molecule has 1 N–H and O–H groups in total. The molecule has 0 bridgehead atoms. The second-order valence-corrected chi connectivity index (χ2v) is 6.10. The first kappa shape index (κ1) is 16.1. The van der Waals surface area contributed by atoms with Crippen LogP contribution in [0.5, 0.6) is 11.5 Å². The Hall–Kier alpha value is -1.82. The summed E-state index contributed by atoms with van der Waals surface area (Å²) in [6, 6.07) is 3.08. The van der Waals surface area contributed by atoms with Gasteiger partial charge in [0.05, 0.1) is 0 Å². The van der Waals surface area contributed by atoms with Gasteiger partial charge in [0.15, 0.2) is 11.5 Å². The van der Waals surface area contributed by atoms with Gasteiger partial charge in [0.25, 0.3) is 0 Å². The van der Waals surface area contributed by atoms with Gasteiger partial charge in [-0.1, -0.05) is 6.92 Å². The van der Waals surface area contributed by atoms with E-state index >= 15 is 0 Å². The highest BCUT2D eigenvalue weighted by Gasteiger charge is 2.23. The zero-order valence-electron chi connectivity index (χ0n) is 13.4. The van der Waals surface area contributed by atoms with Crippen molar-refractivity contribution in [3.8, 4) is 11.5 Å². The Balaban J connectivity index is 1.60. The molecule has 2 heterocycles. The normalized spacial score (nSPS) is 18.6. The van der Waals surface area contributed by atoms with Crippen molar-refractivity contribution in [2.24, 2.45) is 5.92 Å². The zero-order chi connectivity index (χ0) is 16.2. The summed E-state index contributed by atoms with van der Waals surface area (Å²) < 4.78 is 25.0. The molecule has 2 aliphatic heterocycles. The van der Waals surface area contributed by atoms with Crippen LogP contribution in [0.15, 0.2) is 12.1 Å². The Kier molecular flexibility index (Phi) is 5.00. The summed E-state index contributed by atoms with van der Waals surface area (Å²) in [6.45, 7) is 6.03. The molecule has 1 aromatic carbocycles. The molecule has 1 amide bonds. The minimum absolute atomic E-state index is 0.110. The number of aryl methyl sites for hydroxylation is 1. The predicted octanol–water partition coefficient (Wildman–Crippen LogP) is 1.60. The maximum atomic E-state index is 14.1. The molecule has 1 aromatic rings. The van der Waals surface area contributed by atoms with Crippen molar-refractivity contribution in [2.75, 3.05) is 39.4 Å². The monoisotopic (exact) mass is 322 g/mol. The van der Waals surface area contributed by atoms with Crippen molar-refractivity contribution in [3.05, 3.63) is 23.5 Å². The van der Waals surface area contributed by atoms with Crippen LogP contribution in [0.4, 0.5) is 4.39 Å². The van der Waals surface area contributed by atoms with Crippen molar-refractivity contribution < 1.29 is 18.7 Å². The minimum Gasteiger partial charge on any atom is -0.486 e. The summed E-state index contributed by atoms with van der Waals surface area (Å²) in [6.07, 6.45) is 1.14. The molecule has 3 rings (SSSR count). The molecule has 2 aliphatic rings. The van der Waals surface area contributed by atoms with E-state index in [0.717, 1.165) is 26.2 Å². The number of halogens is 1. The number of nitrogens with zero attached hydrogens (tertiary/aromatic N) is 1. The van der Waals surface area contributed by atoms with Gasteiger partial charge in [-0.25, -0.2) is 4.39 Å². The number of carbonyl (C=O) groups is 1. The van der Waals surface area contributed by atoms with E-state index in [4.69, 9.17) is 9.47 Å². The van der Waals surface area contributed by atoms with Gasteiger partial charge in [-0.3, -0.25) is 4.79 Å².